The molecule has 0 spiro atoms. The van der Waals surface area contributed by atoms with Gasteiger partial charge in [0.05, 0.1) is 23.5 Å². The van der Waals surface area contributed by atoms with Crippen molar-refractivity contribution in [1.82, 2.24) is 4.90 Å². The van der Waals surface area contributed by atoms with Crippen molar-refractivity contribution < 1.29 is 33.2 Å². The molecule has 0 saturated carbocycles. The Bertz CT molecular complexity index is 467. The van der Waals surface area contributed by atoms with Crippen LogP contribution in [-0.4, -0.2) is 35.6 Å². The highest BCUT2D eigenvalue weighted by Gasteiger charge is 2.57. The molecule has 0 bridgehead atoms. The molecule has 2 heterocycles. The van der Waals surface area contributed by atoms with E-state index in [0.717, 1.165) is 9.79 Å². The van der Waals surface area contributed by atoms with Gasteiger partial charge in [0.15, 0.2) is 0 Å². The second-order valence-electron chi connectivity index (χ2n) is 4.23. The average Bonchev–Trinajstić information content (AvgIpc) is 2.76. The molecular weight excluding hydrogens is 326 g/mol. The first-order valence-electron chi connectivity index (χ1n) is 5.90. The molecule has 6 nitrogen and oxygen atoms in total. The number of ether oxygens (including phenoxy) is 1. The summed E-state index contributed by atoms with van der Waals surface area (Å²) < 4.78 is 42.2. The molecule has 1 saturated heterocycles. The van der Waals surface area contributed by atoms with Crippen LogP contribution in [0.25, 0.3) is 0 Å². The molecule has 0 amide bonds. The first kappa shape index (κ1) is 14.9. The lowest BCUT2D eigenvalue weighted by molar-refractivity contribution is -1.92. The summed E-state index contributed by atoms with van der Waals surface area (Å²) in [6, 6.07) is 7.50. The molecule has 1 fully saturated rings. The van der Waals surface area contributed by atoms with Crippen molar-refractivity contribution in [1.29, 1.82) is 0 Å². The molecule has 0 aromatic heterocycles. The maximum absolute atomic E-state index is 11.1. The molecule has 0 radical (unpaired) electrons. The highest BCUT2D eigenvalue weighted by atomic mass is 35.7. The third-order valence-electron chi connectivity index (χ3n) is 2.92. The molecule has 0 atom stereocenters. The summed E-state index contributed by atoms with van der Waals surface area (Å²) in [5, 5.41) is 0. The minimum atomic E-state index is -4.51. The van der Waals surface area contributed by atoms with E-state index in [2.05, 4.69) is 0 Å². The van der Waals surface area contributed by atoms with E-state index < -0.39 is 14.6 Å². The van der Waals surface area contributed by atoms with Gasteiger partial charge in [-0.2, -0.15) is 14.0 Å². The molecule has 2 aliphatic rings. The number of morpholine rings is 1. The van der Waals surface area contributed by atoms with Gasteiger partial charge in [0, 0.05) is 22.9 Å². The molecule has 0 N–H and O–H groups in total. The quantitative estimate of drug-likeness (QED) is 0.675. The summed E-state index contributed by atoms with van der Waals surface area (Å²) in [6.07, 6.45) is 0. The number of nitrogens with zero attached hydrogens (tertiary/aromatic N) is 1. The smallest absolute Gasteiger partial charge is 0.379 e. The van der Waals surface area contributed by atoms with E-state index in [-0.39, 0.29) is 0 Å². The number of hydrogen-bond donors (Lipinski definition) is 0. The van der Waals surface area contributed by atoms with Crippen LogP contribution in [0.5, 0.6) is 0 Å². The standard InChI is InChI=1S/C11H12ClNO5S2/c14-12(15,16)18-11(13-5-7-17-8-6-13)19-9-3-1-2-4-10(9)20-11/h1-4H,5-8H2. The Morgan fingerprint density at radius 1 is 1.10 bits per heavy atom. The van der Waals surface area contributed by atoms with Crippen LogP contribution < -0.4 is 14.0 Å². The van der Waals surface area contributed by atoms with Gasteiger partial charge < -0.3 is 4.74 Å². The van der Waals surface area contributed by atoms with Gasteiger partial charge in [-0.05, 0) is 35.7 Å². The van der Waals surface area contributed by atoms with Gasteiger partial charge in [0.1, 0.15) is 4.29 Å². The first-order chi connectivity index (χ1) is 9.49. The molecular formula is C11H12ClNO5S2. The number of benzene rings is 1. The summed E-state index contributed by atoms with van der Waals surface area (Å²) in [5.41, 5.74) is 0. The fraction of sp³-hybridized carbons (Fsp3) is 0.455. The summed E-state index contributed by atoms with van der Waals surface area (Å²) in [6.45, 7) is 1.99. The van der Waals surface area contributed by atoms with E-state index >= 15 is 0 Å². The van der Waals surface area contributed by atoms with Gasteiger partial charge in [-0.3, -0.25) is 0 Å². The van der Waals surface area contributed by atoms with Crippen LogP contribution in [0, 0.1) is 10.2 Å². The highest BCUT2D eigenvalue weighted by Crippen LogP contribution is 2.58. The first-order valence-corrected chi connectivity index (χ1v) is 8.77. The maximum Gasteiger partial charge on any atom is 0.381 e. The van der Waals surface area contributed by atoms with Gasteiger partial charge >= 0.3 is 4.39 Å². The molecule has 110 valence electrons. The molecule has 0 aliphatic carbocycles. The zero-order valence-corrected chi connectivity index (χ0v) is 12.7. The van der Waals surface area contributed by atoms with Gasteiger partial charge in [0.25, 0.3) is 0 Å². The lowest BCUT2D eigenvalue weighted by Gasteiger charge is -2.36. The van der Waals surface area contributed by atoms with E-state index in [4.69, 9.17) is 9.03 Å². The van der Waals surface area contributed by atoms with Gasteiger partial charge in [-0.25, -0.2) is 4.90 Å². The summed E-state index contributed by atoms with van der Waals surface area (Å²) >= 11 is 2.48. The molecule has 1 aromatic carbocycles. The van der Waals surface area contributed by atoms with Crippen LogP contribution in [0.3, 0.4) is 0 Å². The molecule has 2 aliphatic heterocycles. The molecule has 3 rings (SSSR count). The minimum Gasteiger partial charge on any atom is -0.379 e. The average molecular weight is 338 g/mol. The third kappa shape index (κ3) is 3.08. The Kier molecular flexibility index (Phi) is 4.20. The van der Waals surface area contributed by atoms with E-state index in [1.807, 2.05) is 29.2 Å². The van der Waals surface area contributed by atoms with Crippen LogP contribution in [0.4, 0.5) is 0 Å². The third-order valence-corrected chi connectivity index (χ3v) is 6.49. The molecule has 20 heavy (non-hydrogen) atoms. The topological polar surface area (TPSA) is 90.9 Å². The van der Waals surface area contributed by atoms with Crippen LogP contribution in [0.1, 0.15) is 0 Å². The van der Waals surface area contributed by atoms with Gasteiger partial charge in [-0.1, -0.05) is 12.1 Å². The van der Waals surface area contributed by atoms with Crippen molar-refractivity contribution in [2.24, 2.45) is 0 Å². The Morgan fingerprint density at radius 2 is 1.65 bits per heavy atom. The highest BCUT2D eigenvalue weighted by molar-refractivity contribution is 8.20. The zero-order valence-electron chi connectivity index (χ0n) is 10.3. The number of rotatable bonds is 3. The number of halogens is 1. The SMILES string of the molecule is [O-][Cl+3]([O-])([O-])OC1(N2CCOCC2)Sc2ccccc2S1. The van der Waals surface area contributed by atoms with Crippen molar-refractivity contribution in [3.63, 3.8) is 0 Å². The Balaban J connectivity index is 1.90. The zero-order chi connectivity index (χ0) is 14.2. The fourth-order valence-electron chi connectivity index (χ4n) is 2.08. The van der Waals surface area contributed by atoms with Crippen LogP contribution in [-0.2, 0) is 9.03 Å². The lowest BCUT2D eigenvalue weighted by Crippen LogP contribution is -2.66. The Morgan fingerprint density at radius 3 is 2.15 bits per heavy atom. The largest absolute Gasteiger partial charge is 0.381 e. The monoisotopic (exact) mass is 337 g/mol. The Hall–Kier alpha value is -0.0300. The fourth-order valence-corrected chi connectivity index (χ4v) is 5.90. The van der Waals surface area contributed by atoms with Gasteiger partial charge in [-0.15, -0.1) is 0 Å². The second-order valence-corrected chi connectivity index (χ2v) is 7.79. The van der Waals surface area contributed by atoms with Crippen molar-refractivity contribution in [2.75, 3.05) is 26.3 Å². The normalized spacial score (nSPS) is 22.8. The summed E-state index contributed by atoms with van der Waals surface area (Å²) in [5.74, 6) is 0. The predicted octanol–water partition coefficient (Wildman–Crippen LogP) is -1.26. The van der Waals surface area contributed by atoms with Crippen molar-refractivity contribution >= 4 is 23.5 Å². The van der Waals surface area contributed by atoms with Crippen molar-refractivity contribution in [3.8, 4) is 0 Å². The van der Waals surface area contributed by atoms with Crippen LogP contribution in [0.2, 0.25) is 0 Å². The van der Waals surface area contributed by atoms with Crippen molar-refractivity contribution in [3.05, 3.63) is 24.3 Å². The molecule has 1 aromatic rings. The predicted molar refractivity (Wildman–Crippen MR) is 64.4 cm³/mol. The Labute approximate surface area is 126 Å². The van der Waals surface area contributed by atoms with E-state index in [0.29, 0.717) is 26.3 Å². The van der Waals surface area contributed by atoms with E-state index in [1.54, 1.807) is 0 Å². The molecule has 9 heteroatoms. The summed E-state index contributed by atoms with van der Waals surface area (Å²) in [7, 11) is -4.51. The minimum absolute atomic E-state index is 0.484. The van der Waals surface area contributed by atoms with E-state index in [1.165, 1.54) is 23.5 Å². The maximum atomic E-state index is 11.1. The number of thioether (sulfide) groups is 2. The summed E-state index contributed by atoms with van der Waals surface area (Å²) in [4.78, 5) is 3.64. The van der Waals surface area contributed by atoms with Crippen LogP contribution in [0.15, 0.2) is 34.1 Å². The van der Waals surface area contributed by atoms with Gasteiger partial charge in [0.2, 0.25) is 0 Å². The van der Waals surface area contributed by atoms with Crippen LogP contribution >= 0.6 is 23.5 Å². The molecule has 0 unspecified atom stereocenters. The number of fused-ring (bicyclic) bond motifs is 1. The van der Waals surface area contributed by atoms with E-state index in [9.17, 15) is 14.0 Å². The lowest BCUT2D eigenvalue weighted by atomic mass is 10.4. The number of hydrogen-bond acceptors (Lipinski definition) is 8. The van der Waals surface area contributed by atoms with Crippen molar-refractivity contribution in [2.45, 2.75) is 14.2 Å². The second kappa shape index (κ2) is 5.64.